The molecular formula is C28H36O5S. The van der Waals surface area contributed by atoms with Gasteiger partial charge in [-0.2, -0.15) is 8.42 Å². The predicted octanol–water partition coefficient (Wildman–Crippen LogP) is 5.15. The lowest BCUT2D eigenvalue weighted by atomic mass is 9.70. The van der Waals surface area contributed by atoms with E-state index in [1.807, 2.05) is 38.1 Å². The molecule has 0 spiro atoms. The molecule has 0 aromatic heterocycles. The molecule has 4 bridgehead atoms. The number of hydrogen-bond donors (Lipinski definition) is 1. The molecule has 5 nitrogen and oxygen atoms in total. The normalized spacial score (nSPS) is 38.9. The molecule has 1 N–H and O–H groups in total. The van der Waals surface area contributed by atoms with E-state index in [1.165, 1.54) is 0 Å². The van der Waals surface area contributed by atoms with Gasteiger partial charge < -0.3 is 0 Å². The standard InChI is InChI=1S/C28H36O5S/c1-25(2)21-10-12-27(25,5)23(29)19(21)14-17-6-8-18(9-7-17)15-20-22-11-13-28(24(20)30,26(22,3)4)16-34(31,32)33/h6-9,14,20-22H,10-13,15-16H2,1-5H3,(H,31,32,33)/b19-14+. The van der Waals surface area contributed by atoms with E-state index in [-0.39, 0.29) is 34.2 Å². The van der Waals surface area contributed by atoms with E-state index < -0.39 is 26.7 Å². The zero-order valence-electron chi connectivity index (χ0n) is 20.8. The van der Waals surface area contributed by atoms with Crippen LogP contribution in [0.5, 0.6) is 0 Å². The van der Waals surface area contributed by atoms with Crippen LogP contribution >= 0.6 is 0 Å². The van der Waals surface area contributed by atoms with Crippen molar-refractivity contribution in [3.8, 4) is 0 Å². The third-order valence-electron chi connectivity index (χ3n) is 10.9. The first-order chi connectivity index (χ1) is 15.6. The number of rotatable bonds is 5. The molecule has 0 amide bonds. The summed E-state index contributed by atoms with van der Waals surface area (Å²) < 4.78 is 33.1. The summed E-state index contributed by atoms with van der Waals surface area (Å²) in [4.78, 5) is 26.6. The Morgan fingerprint density at radius 1 is 0.971 bits per heavy atom. The van der Waals surface area contributed by atoms with Crippen molar-refractivity contribution in [2.45, 2.75) is 66.7 Å². The second kappa shape index (κ2) is 7.13. The van der Waals surface area contributed by atoms with Gasteiger partial charge in [0.1, 0.15) is 5.78 Å². The lowest BCUT2D eigenvalue weighted by Gasteiger charge is -2.35. The minimum Gasteiger partial charge on any atom is -0.299 e. The molecule has 4 aliphatic rings. The van der Waals surface area contributed by atoms with E-state index in [2.05, 4.69) is 26.8 Å². The van der Waals surface area contributed by atoms with E-state index >= 15 is 0 Å². The third-order valence-corrected chi connectivity index (χ3v) is 11.7. The Balaban J connectivity index is 1.37. The zero-order valence-corrected chi connectivity index (χ0v) is 21.7. The second-order valence-electron chi connectivity index (χ2n) is 12.7. The van der Waals surface area contributed by atoms with Crippen LogP contribution in [-0.2, 0) is 26.1 Å². The lowest BCUT2D eigenvalue weighted by molar-refractivity contribution is -0.131. The summed E-state index contributed by atoms with van der Waals surface area (Å²) in [7, 11) is -4.24. The molecule has 1 aromatic rings. The first kappa shape index (κ1) is 23.9. The highest BCUT2D eigenvalue weighted by atomic mass is 32.2. The molecule has 5 rings (SSSR count). The van der Waals surface area contributed by atoms with E-state index in [4.69, 9.17) is 0 Å². The zero-order chi connectivity index (χ0) is 24.9. The van der Waals surface area contributed by atoms with Crippen LogP contribution < -0.4 is 0 Å². The largest absolute Gasteiger partial charge is 0.299 e. The topological polar surface area (TPSA) is 88.5 Å². The number of Topliss-reactive ketones (excluding diaryl/α,β-unsaturated/α-hetero) is 2. The van der Waals surface area contributed by atoms with Crippen molar-refractivity contribution >= 4 is 27.8 Å². The SMILES string of the molecule is CC12CCC(/C(=C\c3ccc(CC4C(=O)C5(CS(=O)(=O)O)CCC4C5(C)C)cc3)C1=O)C2(C)C. The highest BCUT2D eigenvalue weighted by Gasteiger charge is 2.69. The van der Waals surface area contributed by atoms with Gasteiger partial charge in [0.05, 0.1) is 11.2 Å². The van der Waals surface area contributed by atoms with Crippen molar-refractivity contribution in [3.63, 3.8) is 0 Å². The number of carbonyl (C=O) groups excluding carboxylic acids is 2. The van der Waals surface area contributed by atoms with Crippen molar-refractivity contribution < 1.29 is 22.6 Å². The van der Waals surface area contributed by atoms with Gasteiger partial charge in [-0.05, 0) is 77.5 Å². The molecule has 0 heterocycles. The lowest BCUT2D eigenvalue weighted by Crippen LogP contribution is -2.43. The number of hydrogen-bond acceptors (Lipinski definition) is 4. The molecular weight excluding hydrogens is 448 g/mol. The molecule has 4 fully saturated rings. The van der Waals surface area contributed by atoms with E-state index in [0.717, 1.165) is 36.0 Å². The summed E-state index contributed by atoms with van der Waals surface area (Å²) >= 11 is 0. The maximum Gasteiger partial charge on any atom is 0.265 e. The van der Waals surface area contributed by atoms with Crippen molar-refractivity contribution in [2.75, 3.05) is 5.75 Å². The molecule has 6 heteroatoms. The number of allylic oxidation sites excluding steroid dienone is 1. The minimum atomic E-state index is -4.24. The van der Waals surface area contributed by atoms with Gasteiger partial charge in [-0.1, -0.05) is 58.9 Å². The molecule has 0 saturated heterocycles. The Morgan fingerprint density at radius 3 is 2.18 bits per heavy atom. The van der Waals surface area contributed by atoms with E-state index in [1.54, 1.807) is 0 Å². The summed E-state index contributed by atoms with van der Waals surface area (Å²) in [5, 5.41) is 0. The quantitative estimate of drug-likeness (QED) is 0.461. The Kier molecular flexibility index (Phi) is 5.02. The molecule has 5 atom stereocenters. The van der Waals surface area contributed by atoms with Gasteiger partial charge in [-0.3, -0.25) is 14.1 Å². The smallest absolute Gasteiger partial charge is 0.265 e. The maximum atomic E-state index is 13.5. The van der Waals surface area contributed by atoms with Gasteiger partial charge in [0.2, 0.25) is 0 Å². The van der Waals surface area contributed by atoms with Gasteiger partial charge in [-0.25, -0.2) is 0 Å². The maximum absolute atomic E-state index is 13.5. The number of carbonyl (C=O) groups is 2. The summed E-state index contributed by atoms with van der Waals surface area (Å²) in [5.74, 6) is -0.0220. The molecule has 4 saturated carbocycles. The molecule has 184 valence electrons. The summed E-state index contributed by atoms with van der Waals surface area (Å²) in [6.45, 7) is 10.5. The monoisotopic (exact) mass is 484 g/mol. The number of fused-ring (bicyclic) bond motifs is 4. The molecule has 5 unspecified atom stereocenters. The summed E-state index contributed by atoms with van der Waals surface area (Å²) in [5.41, 5.74) is 1.26. The van der Waals surface area contributed by atoms with Crippen LogP contribution in [0, 0.1) is 39.4 Å². The van der Waals surface area contributed by atoms with Crippen LogP contribution in [0.25, 0.3) is 6.08 Å². The van der Waals surface area contributed by atoms with Gasteiger partial charge >= 0.3 is 0 Å². The fourth-order valence-electron chi connectivity index (χ4n) is 8.28. The average Bonchev–Trinajstić information content (AvgIpc) is 3.22. The van der Waals surface area contributed by atoms with Crippen LogP contribution in [0.3, 0.4) is 0 Å². The fraction of sp³-hybridized carbons (Fsp3) is 0.643. The molecule has 4 aliphatic carbocycles. The predicted molar refractivity (Wildman–Crippen MR) is 132 cm³/mol. The van der Waals surface area contributed by atoms with Gasteiger partial charge in [-0.15, -0.1) is 0 Å². The van der Waals surface area contributed by atoms with Crippen LogP contribution in [0.2, 0.25) is 0 Å². The van der Waals surface area contributed by atoms with Crippen LogP contribution in [0.1, 0.15) is 71.4 Å². The Bertz CT molecular complexity index is 1210. The van der Waals surface area contributed by atoms with Crippen molar-refractivity contribution in [2.24, 2.45) is 39.4 Å². The summed E-state index contributed by atoms with van der Waals surface area (Å²) in [6.07, 6.45) is 5.98. The van der Waals surface area contributed by atoms with Gasteiger partial charge in [0.25, 0.3) is 10.1 Å². The van der Waals surface area contributed by atoms with Crippen LogP contribution in [-0.4, -0.2) is 30.3 Å². The fourth-order valence-corrected chi connectivity index (χ4v) is 9.56. The third kappa shape index (κ3) is 3.03. The van der Waals surface area contributed by atoms with Crippen molar-refractivity contribution in [1.82, 2.24) is 0 Å². The average molecular weight is 485 g/mol. The summed E-state index contributed by atoms with van der Waals surface area (Å²) in [6, 6.07) is 8.10. The Morgan fingerprint density at radius 2 is 1.62 bits per heavy atom. The van der Waals surface area contributed by atoms with Crippen LogP contribution in [0.15, 0.2) is 29.8 Å². The Hall–Kier alpha value is -1.79. The van der Waals surface area contributed by atoms with Crippen molar-refractivity contribution in [3.05, 3.63) is 41.0 Å². The minimum absolute atomic E-state index is 0.0111. The van der Waals surface area contributed by atoms with Crippen LogP contribution in [0.4, 0.5) is 0 Å². The second-order valence-corrected chi connectivity index (χ2v) is 14.1. The van der Waals surface area contributed by atoms with Crippen molar-refractivity contribution in [1.29, 1.82) is 0 Å². The highest BCUT2D eigenvalue weighted by molar-refractivity contribution is 7.85. The van der Waals surface area contributed by atoms with E-state index in [9.17, 15) is 22.6 Å². The first-order valence-corrected chi connectivity index (χ1v) is 14.1. The van der Waals surface area contributed by atoms with Gasteiger partial charge in [0.15, 0.2) is 5.78 Å². The molecule has 34 heavy (non-hydrogen) atoms. The first-order valence-electron chi connectivity index (χ1n) is 12.5. The highest BCUT2D eigenvalue weighted by Crippen LogP contribution is 2.67. The molecule has 0 radical (unpaired) electrons. The molecule has 1 aromatic carbocycles. The molecule has 0 aliphatic heterocycles. The number of benzene rings is 1. The van der Waals surface area contributed by atoms with Gasteiger partial charge in [0, 0.05) is 11.3 Å². The van der Waals surface area contributed by atoms with E-state index in [0.29, 0.717) is 18.8 Å². The Labute approximate surface area is 203 Å². The number of ketones is 2.